The van der Waals surface area contributed by atoms with Crippen LogP contribution in [0, 0.1) is 6.92 Å². The summed E-state index contributed by atoms with van der Waals surface area (Å²) in [6, 6.07) is 3.32. The monoisotopic (exact) mass is 281 g/mol. The molecular formula is C13H15NO4S. The van der Waals surface area contributed by atoms with Crippen molar-refractivity contribution in [1.29, 1.82) is 0 Å². The highest BCUT2D eigenvalue weighted by molar-refractivity contribution is 7.20. The molecule has 5 nitrogen and oxygen atoms in total. The summed E-state index contributed by atoms with van der Waals surface area (Å²) in [6.45, 7) is 3.02. The maximum Gasteiger partial charge on any atom is 0.345 e. The van der Waals surface area contributed by atoms with Gasteiger partial charge in [0.05, 0.1) is 5.39 Å². The van der Waals surface area contributed by atoms with Crippen LogP contribution in [0.25, 0.3) is 10.1 Å². The molecule has 6 heteroatoms. The van der Waals surface area contributed by atoms with E-state index in [0.717, 1.165) is 28.2 Å². The number of methoxy groups -OCH3 is 1. The number of pyridine rings is 1. The molecule has 0 atom stereocenters. The molecule has 0 amide bonds. The Labute approximate surface area is 114 Å². The van der Waals surface area contributed by atoms with Crippen LogP contribution >= 0.6 is 11.3 Å². The number of nitrogens with zero attached hydrogens (tertiary/aromatic N) is 1. The Morgan fingerprint density at radius 1 is 1.47 bits per heavy atom. The number of carboxylic acids is 1. The number of carbonyl (C=O) groups is 1. The summed E-state index contributed by atoms with van der Waals surface area (Å²) < 4.78 is 7.37. The average molecular weight is 281 g/mol. The Kier molecular flexibility index (Phi) is 4.01. The first-order valence-corrected chi connectivity index (χ1v) is 6.72. The molecule has 0 aromatic carbocycles. The predicted octanol–water partition coefficient (Wildman–Crippen LogP) is 2.11. The molecule has 0 unspecified atom stereocenters. The quantitative estimate of drug-likeness (QED) is 0.852. The smallest absolute Gasteiger partial charge is 0.345 e. The predicted molar refractivity (Wildman–Crippen MR) is 74.3 cm³/mol. The van der Waals surface area contributed by atoms with Gasteiger partial charge in [0, 0.05) is 30.7 Å². The number of aromatic nitrogens is 1. The number of hydrogen-bond acceptors (Lipinski definition) is 4. The van der Waals surface area contributed by atoms with Crippen molar-refractivity contribution in [1.82, 2.24) is 4.57 Å². The summed E-state index contributed by atoms with van der Waals surface area (Å²) in [5.74, 6) is -0.996. The molecule has 0 radical (unpaired) electrons. The van der Waals surface area contributed by atoms with Gasteiger partial charge in [-0.05, 0) is 25.5 Å². The van der Waals surface area contributed by atoms with Crippen LogP contribution in [0.2, 0.25) is 0 Å². The molecule has 2 aromatic rings. The largest absolute Gasteiger partial charge is 0.477 e. The standard InChI is InChI=1S/C13H15NO4S/c1-8-6-10-9(7-11(19-10)13(16)17)12(15)14(8)4-3-5-18-2/h6-7H,3-5H2,1-2H3,(H,16,17). The van der Waals surface area contributed by atoms with Crippen LogP contribution in [0.5, 0.6) is 0 Å². The molecule has 102 valence electrons. The zero-order valence-electron chi connectivity index (χ0n) is 10.8. The third-order valence-corrected chi connectivity index (χ3v) is 4.01. The van der Waals surface area contributed by atoms with E-state index >= 15 is 0 Å². The van der Waals surface area contributed by atoms with Crippen LogP contribution in [-0.4, -0.2) is 29.4 Å². The van der Waals surface area contributed by atoms with Gasteiger partial charge in [-0.15, -0.1) is 11.3 Å². The summed E-state index contributed by atoms with van der Waals surface area (Å²) in [5, 5.41) is 9.45. The van der Waals surface area contributed by atoms with Gasteiger partial charge in [-0.3, -0.25) is 4.79 Å². The van der Waals surface area contributed by atoms with E-state index in [1.54, 1.807) is 11.7 Å². The van der Waals surface area contributed by atoms with E-state index in [4.69, 9.17) is 9.84 Å². The average Bonchev–Trinajstić information content (AvgIpc) is 2.77. The van der Waals surface area contributed by atoms with Crippen LogP contribution in [0.1, 0.15) is 21.8 Å². The molecule has 0 aliphatic carbocycles. The van der Waals surface area contributed by atoms with Crippen molar-refractivity contribution in [2.75, 3.05) is 13.7 Å². The van der Waals surface area contributed by atoms with Crippen LogP contribution in [0.3, 0.4) is 0 Å². The Bertz CT molecular complexity index is 671. The van der Waals surface area contributed by atoms with Crippen molar-refractivity contribution in [3.8, 4) is 0 Å². The summed E-state index contributed by atoms with van der Waals surface area (Å²) in [7, 11) is 1.62. The molecule has 2 rings (SSSR count). The van der Waals surface area contributed by atoms with Gasteiger partial charge in [-0.2, -0.15) is 0 Å². The van der Waals surface area contributed by atoms with E-state index in [9.17, 15) is 9.59 Å². The minimum Gasteiger partial charge on any atom is -0.477 e. The zero-order chi connectivity index (χ0) is 14.0. The fraction of sp³-hybridized carbons (Fsp3) is 0.385. The summed E-state index contributed by atoms with van der Waals surface area (Å²) in [4.78, 5) is 23.5. The van der Waals surface area contributed by atoms with Gasteiger partial charge in [-0.1, -0.05) is 0 Å². The first-order valence-electron chi connectivity index (χ1n) is 5.91. The number of carboxylic acid groups (broad SMARTS) is 1. The van der Waals surface area contributed by atoms with E-state index in [0.29, 0.717) is 18.5 Å². The maximum atomic E-state index is 12.3. The normalized spacial score (nSPS) is 11.1. The van der Waals surface area contributed by atoms with Crippen molar-refractivity contribution >= 4 is 27.4 Å². The summed E-state index contributed by atoms with van der Waals surface area (Å²) in [5.41, 5.74) is 0.710. The number of fused-ring (bicyclic) bond motifs is 1. The number of aryl methyl sites for hydroxylation is 1. The zero-order valence-corrected chi connectivity index (χ0v) is 11.6. The molecule has 0 saturated carbocycles. The van der Waals surface area contributed by atoms with E-state index < -0.39 is 5.97 Å². The number of aromatic carboxylic acids is 1. The number of thiophene rings is 1. The molecule has 0 fully saturated rings. The van der Waals surface area contributed by atoms with Gasteiger partial charge in [0.15, 0.2) is 0 Å². The molecule has 19 heavy (non-hydrogen) atoms. The van der Waals surface area contributed by atoms with Crippen molar-refractivity contribution in [2.24, 2.45) is 0 Å². The topological polar surface area (TPSA) is 68.5 Å². The fourth-order valence-corrected chi connectivity index (χ4v) is 2.99. The Morgan fingerprint density at radius 2 is 2.21 bits per heavy atom. The van der Waals surface area contributed by atoms with Crippen molar-refractivity contribution in [3.63, 3.8) is 0 Å². The lowest BCUT2D eigenvalue weighted by Gasteiger charge is -2.09. The Hall–Kier alpha value is -1.66. The summed E-state index contributed by atoms with van der Waals surface area (Å²) >= 11 is 1.13. The molecule has 0 aliphatic heterocycles. The fourth-order valence-electron chi connectivity index (χ4n) is 2.00. The second kappa shape index (κ2) is 5.54. The van der Waals surface area contributed by atoms with Gasteiger partial charge in [0.1, 0.15) is 4.88 Å². The third kappa shape index (κ3) is 2.69. The minimum absolute atomic E-state index is 0.130. The lowest BCUT2D eigenvalue weighted by atomic mass is 10.2. The van der Waals surface area contributed by atoms with Gasteiger partial charge >= 0.3 is 5.97 Å². The second-order valence-corrected chi connectivity index (χ2v) is 5.37. The van der Waals surface area contributed by atoms with Crippen LogP contribution in [0.15, 0.2) is 16.9 Å². The van der Waals surface area contributed by atoms with Gasteiger partial charge in [-0.25, -0.2) is 4.79 Å². The number of rotatable bonds is 5. The van der Waals surface area contributed by atoms with Gasteiger partial charge < -0.3 is 14.4 Å². The second-order valence-electron chi connectivity index (χ2n) is 4.28. The minimum atomic E-state index is -0.996. The van der Waals surface area contributed by atoms with Crippen LogP contribution in [-0.2, 0) is 11.3 Å². The summed E-state index contributed by atoms with van der Waals surface area (Å²) in [6.07, 6.45) is 0.749. The number of ether oxygens (including phenoxy) is 1. The van der Waals surface area contributed by atoms with Crippen molar-refractivity contribution in [2.45, 2.75) is 19.9 Å². The molecule has 0 saturated heterocycles. The molecular weight excluding hydrogens is 266 g/mol. The first kappa shape index (κ1) is 13.8. The van der Waals surface area contributed by atoms with E-state index in [1.807, 2.05) is 13.0 Å². The van der Waals surface area contributed by atoms with E-state index in [2.05, 4.69) is 0 Å². The van der Waals surface area contributed by atoms with Crippen molar-refractivity contribution in [3.05, 3.63) is 33.1 Å². The van der Waals surface area contributed by atoms with Crippen LogP contribution < -0.4 is 5.56 Å². The third-order valence-electron chi connectivity index (χ3n) is 2.94. The maximum absolute atomic E-state index is 12.3. The Morgan fingerprint density at radius 3 is 2.84 bits per heavy atom. The Balaban J connectivity index is 2.48. The SMILES string of the molecule is COCCCn1c(C)cc2sc(C(=O)O)cc2c1=O. The van der Waals surface area contributed by atoms with Crippen LogP contribution in [0.4, 0.5) is 0 Å². The number of hydrogen-bond donors (Lipinski definition) is 1. The highest BCUT2D eigenvalue weighted by Gasteiger charge is 2.13. The highest BCUT2D eigenvalue weighted by Crippen LogP contribution is 2.24. The molecule has 0 spiro atoms. The lowest BCUT2D eigenvalue weighted by molar-refractivity contribution is 0.0702. The first-order chi connectivity index (χ1) is 9.04. The molecule has 2 heterocycles. The van der Waals surface area contributed by atoms with Gasteiger partial charge in [0.25, 0.3) is 5.56 Å². The highest BCUT2D eigenvalue weighted by atomic mass is 32.1. The van der Waals surface area contributed by atoms with E-state index in [-0.39, 0.29) is 10.4 Å². The van der Waals surface area contributed by atoms with Crippen molar-refractivity contribution < 1.29 is 14.6 Å². The molecule has 0 bridgehead atoms. The lowest BCUT2D eigenvalue weighted by Crippen LogP contribution is -2.22. The van der Waals surface area contributed by atoms with Gasteiger partial charge in [0.2, 0.25) is 0 Å². The molecule has 0 aliphatic rings. The van der Waals surface area contributed by atoms with E-state index in [1.165, 1.54) is 6.07 Å². The molecule has 2 aromatic heterocycles. The molecule has 1 N–H and O–H groups in total.